The van der Waals surface area contributed by atoms with Crippen LogP contribution in [0.3, 0.4) is 0 Å². The fourth-order valence-corrected chi connectivity index (χ4v) is 1.71. The molecule has 4 nitrogen and oxygen atoms in total. The standard InChI is InChI=1S/C15H13FO4/c1-19-14-8-10(9-15(17)18)2-7-13(14)20-12-5-3-11(16)4-6-12/h2-8H,9H2,1H3,(H,17,18). The average molecular weight is 276 g/mol. The molecular weight excluding hydrogens is 263 g/mol. The van der Waals surface area contributed by atoms with E-state index < -0.39 is 5.97 Å². The molecule has 104 valence electrons. The SMILES string of the molecule is COc1cc(CC(=O)O)ccc1Oc1ccc(F)cc1. The minimum Gasteiger partial charge on any atom is -0.493 e. The molecular formula is C15H13FO4. The van der Waals surface area contributed by atoms with E-state index in [1.807, 2.05) is 0 Å². The van der Waals surface area contributed by atoms with Crippen molar-refractivity contribution in [1.29, 1.82) is 0 Å². The van der Waals surface area contributed by atoms with Gasteiger partial charge in [0, 0.05) is 0 Å². The van der Waals surface area contributed by atoms with E-state index >= 15 is 0 Å². The molecule has 2 aromatic rings. The summed E-state index contributed by atoms with van der Waals surface area (Å²) in [6, 6.07) is 10.5. The van der Waals surface area contributed by atoms with Crippen LogP contribution in [0.15, 0.2) is 42.5 Å². The highest BCUT2D eigenvalue weighted by atomic mass is 19.1. The Morgan fingerprint density at radius 1 is 1.15 bits per heavy atom. The molecule has 0 aliphatic heterocycles. The number of hydrogen-bond acceptors (Lipinski definition) is 3. The van der Waals surface area contributed by atoms with Gasteiger partial charge in [0.2, 0.25) is 0 Å². The van der Waals surface area contributed by atoms with Crippen LogP contribution >= 0.6 is 0 Å². The number of benzene rings is 2. The third kappa shape index (κ3) is 3.47. The van der Waals surface area contributed by atoms with Crippen molar-refractivity contribution in [3.05, 3.63) is 53.8 Å². The predicted octanol–water partition coefficient (Wildman–Crippen LogP) is 3.25. The van der Waals surface area contributed by atoms with Gasteiger partial charge in [-0.15, -0.1) is 0 Å². The summed E-state index contributed by atoms with van der Waals surface area (Å²) in [7, 11) is 1.47. The zero-order valence-corrected chi connectivity index (χ0v) is 10.8. The van der Waals surface area contributed by atoms with Gasteiger partial charge in [-0.2, -0.15) is 0 Å². The Morgan fingerprint density at radius 2 is 1.85 bits per heavy atom. The van der Waals surface area contributed by atoms with Gasteiger partial charge in [-0.25, -0.2) is 4.39 Å². The van der Waals surface area contributed by atoms with Crippen molar-refractivity contribution < 1.29 is 23.8 Å². The summed E-state index contributed by atoms with van der Waals surface area (Å²) in [5.74, 6) is 0.0670. The van der Waals surface area contributed by atoms with E-state index in [1.165, 1.54) is 31.4 Å². The van der Waals surface area contributed by atoms with Gasteiger partial charge in [0.25, 0.3) is 0 Å². The van der Waals surface area contributed by atoms with E-state index in [9.17, 15) is 9.18 Å². The second-order valence-electron chi connectivity index (χ2n) is 4.11. The molecule has 5 heteroatoms. The molecule has 2 aromatic carbocycles. The van der Waals surface area contributed by atoms with Crippen molar-refractivity contribution >= 4 is 5.97 Å². The molecule has 0 aromatic heterocycles. The molecule has 0 saturated heterocycles. The largest absolute Gasteiger partial charge is 0.493 e. The Bertz CT molecular complexity index is 608. The van der Waals surface area contributed by atoms with Gasteiger partial charge in [0.15, 0.2) is 11.5 Å². The van der Waals surface area contributed by atoms with Gasteiger partial charge in [-0.3, -0.25) is 4.79 Å². The monoisotopic (exact) mass is 276 g/mol. The van der Waals surface area contributed by atoms with Crippen molar-refractivity contribution in [2.24, 2.45) is 0 Å². The summed E-state index contributed by atoms with van der Waals surface area (Å²) in [6.45, 7) is 0. The third-order valence-electron chi connectivity index (χ3n) is 2.62. The number of carboxylic acids is 1. The predicted molar refractivity (Wildman–Crippen MR) is 70.8 cm³/mol. The number of aliphatic carboxylic acids is 1. The first-order chi connectivity index (χ1) is 9.58. The zero-order chi connectivity index (χ0) is 14.5. The lowest BCUT2D eigenvalue weighted by Crippen LogP contribution is -2.00. The molecule has 0 atom stereocenters. The fraction of sp³-hybridized carbons (Fsp3) is 0.133. The maximum absolute atomic E-state index is 12.8. The Hall–Kier alpha value is -2.56. The van der Waals surface area contributed by atoms with Crippen LogP contribution in [0.1, 0.15) is 5.56 Å². The van der Waals surface area contributed by atoms with E-state index in [1.54, 1.807) is 18.2 Å². The first kappa shape index (κ1) is 13.9. The molecule has 1 N–H and O–H groups in total. The summed E-state index contributed by atoms with van der Waals surface area (Å²) in [5.41, 5.74) is 0.612. The maximum Gasteiger partial charge on any atom is 0.307 e. The highest BCUT2D eigenvalue weighted by molar-refractivity contribution is 5.70. The van der Waals surface area contributed by atoms with Crippen LogP contribution in [0.5, 0.6) is 17.2 Å². The van der Waals surface area contributed by atoms with Crippen LogP contribution in [-0.2, 0) is 11.2 Å². The van der Waals surface area contributed by atoms with Crippen molar-refractivity contribution in [1.82, 2.24) is 0 Å². The molecule has 0 bridgehead atoms. The van der Waals surface area contributed by atoms with Crippen LogP contribution in [0.4, 0.5) is 4.39 Å². The van der Waals surface area contributed by atoms with Crippen LogP contribution in [-0.4, -0.2) is 18.2 Å². The second-order valence-corrected chi connectivity index (χ2v) is 4.11. The number of carbonyl (C=O) groups is 1. The van der Waals surface area contributed by atoms with E-state index in [4.69, 9.17) is 14.6 Å². The van der Waals surface area contributed by atoms with Crippen molar-refractivity contribution in [3.63, 3.8) is 0 Å². The van der Waals surface area contributed by atoms with Gasteiger partial charge >= 0.3 is 5.97 Å². The molecule has 0 aliphatic carbocycles. The van der Waals surface area contributed by atoms with E-state index in [-0.39, 0.29) is 12.2 Å². The quantitative estimate of drug-likeness (QED) is 0.910. The molecule has 0 saturated carbocycles. The Labute approximate surface area is 115 Å². The number of methoxy groups -OCH3 is 1. The molecule has 20 heavy (non-hydrogen) atoms. The van der Waals surface area contributed by atoms with Crippen LogP contribution in [0, 0.1) is 5.82 Å². The van der Waals surface area contributed by atoms with E-state index in [0.29, 0.717) is 22.8 Å². The lowest BCUT2D eigenvalue weighted by Gasteiger charge is -2.11. The molecule has 0 heterocycles. The Balaban J connectivity index is 2.23. The Morgan fingerprint density at radius 3 is 2.45 bits per heavy atom. The average Bonchev–Trinajstić information content (AvgIpc) is 2.42. The van der Waals surface area contributed by atoms with Crippen LogP contribution in [0.2, 0.25) is 0 Å². The van der Waals surface area contributed by atoms with Crippen molar-refractivity contribution in [3.8, 4) is 17.2 Å². The fourth-order valence-electron chi connectivity index (χ4n) is 1.71. The number of halogens is 1. The molecule has 0 aliphatic rings. The highest BCUT2D eigenvalue weighted by Crippen LogP contribution is 2.32. The zero-order valence-electron chi connectivity index (χ0n) is 10.8. The van der Waals surface area contributed by atoms with Crippen molar-refractivity contribution in [2.75, 3.05) is 7.11 Å². The molecule has 0 fully saturated rings. The van der Waals surface area contributed by atoms with Crippen LogP contribution < -0.4 is 9.47 Å². The van der Waals surface area contributed by atoms with Gasteiger partial charge in [0.05, 0.1) is 13.5 Å². The van der Waals surface area contributed by atoms with Crippen molar-refractivity contribution in [2.45, 2.75) is 6.42 Å². The summed E-state index contributed by atoms with van der Waals surface area (Å²) in [5, 5.41) is 8.75. The highest BCUT2D eigenvalue weighted by Gasteiger charge is 2.09. The molecule has 0 spiro atoms. The smallest absolute Gasteiger partial charge is 0.307 e. The number of rotatable bonds is 5. The lowest BCUT2D eigenvalue weighted by atomic mass is 10.1. The van der Waals surface area contributed by atoms with E-state index in [0.717, 1.165) is 0 Å². The first-order valence-electron chi connectivity index (χ1n) is 5.90. The summed E-state index contributed by atoms with van der Waals surface area (Å²) in [6.07, 6.45) is -0.0901. The van der Waals surface area contributed by atoms with Gasteiger partial charge < -0.3 is 14.6 Å². The Kier molecular flexibility index (Phi) is 4.20. The minimum atomic E-state index is -0.917. The molecule has 2 rings (SSSR count). The molecule has 0 radical (unpaired) electrons. The van der Waals surface area contributed by atoms with Crippen LogP contribution in [0.25, 0.3) is 0 Å². The normalized spacial score (nSPS) is 10.1. The summed E-state index contributed by atoms with van der Waals surface area (Å²) in [4.78, 5) is 10.7. The third-order valence-corrected chi connectivity index (χ3v) is 2.62. The number of carboxylic acid groups (broad SMARTS) is 1. The first-order valence-corrected chi connectivity index (χ1v) is 5.90. The van der Waals surface area contributed by atoms with Gasteiger partial charge in [-0.05, 0) is 42.0 Å². The van der Waals surface area contributed by atoms with Gasteiger partial charge in [-0.1, -0.05) is 6.07 Å². The lowest BCUT2D eigenvalue weighted by molar-refractivity contribution is -0.136. The summed E-state index contributed by atoms with van der Waals surface area (Å²) < 4.78 is 23.6. The topological polar surface area (TPSA) is 55.8 Å². The molecule has 0 unspecified atom stereocenters. The second kappa shape index (κ2) is 6.06. The number of hydrogen-bond donors (Lipinski definition) is 1. The number of ether oxygens (including phenoxy) is 2. The molecule has 0 amide bonds. The van der Waals surface area contributed by atoms with E-state index in [2.05, 4.69) is 0 Å². The minimum absolute atomic E-state index is 0.0901. The summed E-state index contributed by atoms with van der Waals surface area (Å²) >= 11 is 0. The van der Waals surface area contributed by atoms with Gasteiger partial charge in [0.1, 0.15) is 11.6 Å². The maximum atomic E-state index is 12.8.